The van der Waals surface area contributed by atoms with Gasteiger partial charge in [0.15, 0.2) is 0 Å². The fourth-order valence-corrected chi connectivity index (χ4v) is 5.11. The second-order valence-corrected chi connectivity index (χ2v) is 9.23. The van der Waals surface area contributed by atoms with E-state index in [2.05, 4.69) is 15.6 Å². The van der Waals surface area contributed by atoms with Gasteiger partial charge in [0.2, 0.25) is 5.91 Å². The van der Waals surface area contributed by atoms with Gasteiger partial charge in [0.05, 0.1) is 6.04 Å². The third-order valence-electron chi connectivity index (χ3n) is 7.19. The Morgan fingerprint density at radius 1 is 1.09 bits per heavy atom. The van der Waals surface area contributed by atoms with Crippen molar-refractivity contribution in [3.63, 3.8) is 0 Å². The van der Waals surface area contributed by atoms with Crippen molar-refractivity contribution in [3.05, 3.63) is 60.2 Å². The average molecular weight is 454 g/mol. The summed E-state index contributed by atoms with van der Waals surface area (Å²) in [5.74, 6) is -0.373. The van der Waals surface area contributed by atoms with E-state index in [1.165, 1.54) is 12.1 Å². The molecule has 33 heavy (non-hydrogen) atoms. The summed E-state index contributed by atoms with van der Waals surface area (Å²) in [5.41, 5.74) is 7.96. The monoisotopic (exact) mass is 453 g/mol. The highest BCUT2D eigenvalue weighted by molar-refractivity contribution is 5.89. The quantitative estimate of drug-likeness (QED) is 0.624. The Labute approximate surface area is 193 Å². The number of urea groups is 1. The van der Waals surface area contributed by atoms with Gasteiger partial charge < -0.3 is 21.3 Å². The lowest BCUT2D eigenvalue weighted by Crippen LogP contribution is -2.52. The first-order valence-electron chi connectivity index (χ1n) is 11.7. The van der Waals surface area contributed by atoms with Gasteiger partial charge in [-0.15, -0.1) is 0 Å². The Kier molecular flexibility index (Phi) is 7.23. The summed E-state index contributed by atoms with van der Waals surface area (Å²) >= 11 is 0. The van der Waals surface area contributed by atoms with Crippen molar-refractivity contribution < 1.29 is 14.0 Å². The van der Waals surface area contributed by atoms with Gasteiger partial charge in [0.25, 0.3) is 0 Å². The van der Waals surface area contributed by atoms with E-state index < -0.39 is 6.04 Å². The molecule has 1 aromatic heterocycles. The number of nitrogens with two attached hydrogens (primary N) is 1. The molecule has 7 nitrogen and oxygen atoms in total. The number of hydrogen-bond donors (Lipinski definition) is 3. The maximum Gasteiger partial charge on any atom is 0.321 e. The average Bonchev–Trinajstić information content (AvgIpc) is 3.33. The Bertz CT molecular complexity index is 939. The van der Waals surface area contributed by atoms with Crippen LogP contribution in [-0.4, -0.2) is 47.5 Å². The minimum absolute atomic E-state index is 0.0281. The molecule has 176 valence electrons. The van der Waals surface area contributed by atoms with Crippen molar-refractivity contribution in [2.24, 2.45) is 11.7 Å². The van der Waals surface area contributed by atoms with E-state index in [1.54, 1.807) is 29.4 Å². The number of carbonyl (C=O) groups excluding carboxylic acids is 2. The maximum atomic E-state index is 13.4. The Hall–Kier alpha value is -3.00. The number of nitrogens with zero attached hydrogens (tertiary/aromatic N) is 2. The molecule has 4 N–H and O–H groups in total. The van der Waals surface area contributed by atoms with Crippen LogP contribution in [0.1, 0.15) is 44.1 Å². The molecule has 0 bridgehead atoms. The van der Waals surface area contributed by atoms with Crippen LogP contribution in [0.4, 0.5) is 14.9 Å². The van der Waals surface area contributed by atoms with E-state index in [4.69, 9.17) is 5.73 Å². The molecular formula is C25H32FN5O2. The largest absolute Gasteiger partial charge is 0.354 e. The standard InChI is InChI=1S/C25H32FN5O2/c26-20-5-3-19(4-6-20)25(11-1-2-12-25)17-29-23(32)22(27)18-9-15-31(16-10-18)24(33)30-21-7-13-28-14-8-21/h3-8,13-14,18,22H,1-2,9-12,15-17,27H2,(H,29,32)(H,28,30,33)/t22-/m0/s1. The van der Waals surface area contributed by atoms with Crippen LogP contribution < -0.4 is 16.4 Å². The van der Waals surface area contributed by atoms with Crippen molar-refractivity contribution in [1.82, 2.24) is 15.2 Å². The van der Waals surface area contributed by atoms with Crippen LogP contribution in [-0.2, 0) is 10.2 Å². The Balaban J connectivity index is 1.28. The van der Waals surface area contributed by atoms with E-state index in [-0.39, 0.29) is 29.1 Å². The second-order valence-electron chi connectivity index (χ2n) is 9.23. The molecule has 0 radical (unpaired) electrons. The van der Waals surface area contributed by atoms with Gasteiger partial charge in [0, 0.05) is 43.1 Å². The first kappa shape index (κ1) is 23.2. The topological polar surface area (TPSA) is 100 Å². The van der Waals surface area contributed by atoms with Crippen LogP contribution in [0.3, 0.4) is 0 Å². The zero-order chi connectivity index (χ0) is 23.3. The number of carbonyl (C=O) groups is 2. The predicted molar refractivity (Wildman–Crippen MR) is 125 cm³/mol. The summed E-state index contributed by atoms with van der Waals surface area (Å²) in [6.45, 7) is 1.63. The molecule has 1 saturated heterocycles. The van der Waals surface area contributed by atoms with Crippen LogP contribution >= 0.6 is 0 Å². The highest BCUT2D eigenvalue weighted by Gasteiger charge is 2.37. The molecule has 0 unspecified atom stereocenters. The first-order valence-corrected chi connectivity index (χ1v) is 11.7. The lowest BCUT2D eigenvalue weighted by Gasteiger charge is -2.35. The molecule has 0 spiro atoms. The number of piperidine rings is 1. The number of amides is 3. The molecule has 1 saturated carbocycles. The summed E-state index contributed by atoms with van der Waals surface area (Å²) in [4.78, 5) is 31.1. The summed E-state index contributed by atoms with van der Waals surface area (Å²) in [6, 6.07) is 9.37. The van der Waals surface area contributed by atoms with Gasteiger partial charge in [-0.2, -0.15) is 0 Å². The molecule has 8 heteroatoms. The van der Waals surface area contributed by atoms with E-state index in [1.807, 2.05) is 12.1 Å². The molecule has 2 fully saturated rings. The number of benzene rings is 1. The van der Waals surface area contributed by atoms with Crippen molar-refractivity contribution in [2.75, 3.05) is 25.0 Å². The van der Waals surface area contributed by atoms with Crippen LogP contribution in [0.25, 0.3) is 0 Å². The van der Waals surface area contributed by atoms with E-state index >= 15 is 0 Å². The number of pyridine rings is 1. The van der Waals surface area contributed by atoms with Gasteiger partial charge in [-0.1, -0.05) is 25.0 Å². The van der Waals surface area contributed by atoms with Crippen molar-refractivity contribution in [2.45, 2.75) is 50.0 Å². The number of hydrogen-bond acceptors (Lipinski definition) is 4. The van der Waals surface area contributed by atoms with Crippen LogP contribution in [0.2, 0.25) is 0 Å². The third-order valence-corrected chi connectivity index (χ3v) is 7.19. The van der Waals surface area contributed by atoms with E-state index in [9.17, 15) is 14.0 Å². The maximum absolute atomic E-state index is 13.4. The molecule has 2 aliphatic rings. The Morgan fingerprint density at radius 3 is 2.36 bits per heavy atom. The highest BCUT2D eigenvalue weighted by Crippen LogP contribution is 2.40. The lowest BCUT2D eigenvalue weighted by molar-refractivity contribution is -0.124. The molecule has 2 aromatic rings. The number of likely N-dealkylation sites (tertiary alicyclic amines) is 1. The van der Waals surface area contributed by atoms with Gasteiger partial charge in [-0.05, 0) is 61.4 Å². The van der Waals surface area contributed by atoms with Crippen molar-refractivity contribution in [1.29, 1.82) is 0 Å². The molecule has 2 heterocycles. The molecule has 1 aliphatic heterocycles. The van der Waals surface area contributed by atoms with Crippen LogP contribution in [0.5, 0.6) is 0 Å². The smallest absolute Gasteiger partial charge is 0.321 e. The third kappa shape index (κ3) is 5.50. The number of nitrogens with one attached hydrogen (secondary N) is 2. The SMILES string of the molecule is N[C@H](C(=O)NCC1(c2ccc(F)cc2)CCCC1)C1CCN(C(=O)Nc2ccncc2)CC1. The highest BCUT2D eigenvalue weighted by atomic mass is 19.1. The van der Waals surface area contributed by atoms with Crippen molar-refractivity contribution in [3.8, 4) is 0 Å². The van der Waals surface area contributed by atoms with Crippen LogP contribution in [0.15, 0.2) is 48.8 Å². The predicted octanol–water partition coefficient (Wildman–Crippen LogP) is 3.42. The number of anilines is 1. The summed E-state index contributed by atoms with van der Waals surface area (Å²) in [5, 5.41) is 5.95. The lowest BCUT2D eigenvalue weighted by atomic mass is 9.78. The van der Waals surface area contributed by atoms with E-state index in [0.717, 1.165) is 31.2 Å². The molecule has 3 amide bonds. The Morgan fingerprint density at radius 2 is 1.73 bits per heavy atom. The molecular weight excluding hydrogens is 421 g/mol. The summed E-state index contributed by atoms with van der Waals surface area (Å²) in [6.07, 6.45) is 8.76. The molecule has 1 aromatic carbocycles. The summed E-state index contributed by atoms with van der Waals surface area (Å²) < 4.78 is 13.4. The minimum atomic E-state index is -0.609. The molecule has 1 aliphatic carbocycles. The second kappa shape index (κ2) is 10.3. The summed E-state index contributed by atoms with van der Waals surface area (Å²) in [7, 11) is 0. The van der Waals surface area contributed by atoms with Gasteiger partial charge >= 0.3 is 6.03 Å². The number of rotatable bonds is 6. The van der Waals surface area contributed by atoms with Gasteiger partial charge in [0.1, 0.15) is 5.82 Å². The van der Waals surface area contributed by atoms with E-state index in [0.29, 0.717) is 38.2 Å². The fourth-order valence-electron chi connectivity index (χ4n) is 5.11. The zero-order valence-electron chi connectivity index (χ0n) is 18.8. The van der Waals surface area contributed by atoms with Gasteiger partial charge in [-0.3, -0.25) is 9.78 Å². The number of aromatic nitrogens is 1. The fraction of sp³-hybridized carbons (Fsp3) is 0.480. The number of halogens is 1. The minimum Gasteiger partial charge on any atom is -0.354 e. The first-order chi connectivity index (χ1) is 16.0. The van der Waals surface area contributed by atoms with Crippen molar-refractivity contribution >= 4 is 17.6 Å². The molecule has 4 rings (SSSR count). The van der Waals surface area contributed by atoms with Crippen LogP contribution in [0, 0.1) is 11.7 Å². The zero-order valence-corrected chi connectivity index (χ0v) is 18.8. The normalized spacial score (nSPS) is 19.2. The van der Waals surface area contributed by atoms with Gasteiger partial charge in [-0.25, -0.2) is 9.18 Å². The molecule has 1 atom stereocenters.